The summed E-state index contributed by atoms with van der Waals surface area (Å²) in [6.45, 7) is 3.72. The van der Waals surface area contributed by atoms with E-state index in [2.05, 4.69) is 9.82 Å². The molecule has 2 aromatic carbocycles. The number of sulfonamides is 1. The van der Waals surface area contributed by atoms with Crippen molar-refractivity contribution in [2.24, 2.45) is 0 Å². The Morgan fingerprint density at radius 2 is 1.75 bits per heavy atom. The van der Waals surface area contributed by atoms with Crippen LogP contribution in [0.15, 0.2) is 59.8 Å². The summed E-state index contributed by atoms with van der Waals surface area (Å²) in [5, 5.41) is 4.04. The molecule has 5 nitrogen and oxygen atoms in total. The number of nitrogens with zero attached hydrogens (tertiary/aromatic N) is 2. The number of benzene rings is 2. The Morgan fingerprint density at radius 3 is 2.33 bits per heavy atom. The summed E-state index contributed by atoms with van der Waals surface area (Å²) in [6, 6.07) is 10.6. The minimum Gasteiger partial charge on any atom is -0.280 e. The van der Waals surface area contributed by atoms with E-state index in [0.717, 1.165) is 17.2 Å². The first-order valence-electron chi connectivity index (χ1n) is 7.26. The summed E-state index contributed by atoms with van der Waals surface area (Å²) < 4.78 is 42.7. The van der Waals surface area contributed by atoms with Gasteiger partial charge in [0.2, 0.25) is 0 Å². The van der Waals surface area contributed by atoms with Crippen molar-refractivity contribution < 1.29 is 12.8 Å². The van der Waals surface area contributed by atoms with Gasteiger partial charge in [0, 0.05) is 12.3 Å². The minimum atomic E-state index is -3.76. The zero-order valence-electron chi connectivity index (χ0n) is 13.2. The van der Waals surface area contributed by atoms with E-state index in [1.807, 2.05) is 13.8 Å². The Kier molecular flexibility index (Phi) is 4.11. The molecule has 0 aliphatic carbocycles. The van der Waals surface area contributed by atoms with Crippen LogP contribution in [0.2, 0.25) is 0 Å². The summed E-state index contributed by atoms with van der Waals surface area (Å²) in [5.41, 5.74) is 2.26. The van der Waals surface area contributed by atoms with Gasteiger partial charge in [-0.2, -0.15) is 5.10 Å². The normalized spacial score (nSPS) is 11.5. The van der Waals surface area contributed by atoms with Crippen molar-refractivity contribution in [3.63, 3.8) is 0 Å². The summed E-state index contributed by atoms with van der Waals surface area (Å²) in [5.74, 6) is -0.567. The number of anilines is 1. The molecule has 0 aliphatic heterocycles. The van der Waals surface area contributed by atoms with E-state index in [0.29, 0.717) is 0 Å². The van der Waals surface area contributed by atoms with Crippen LogP contribution >= 0.6 is 0 Å². The third-order valence-corrected chi connectivity index (χ3v) is 4.89. The smallest absolute Gasteiger partial charge is 0.261 e. The molecule has 0 saturated carbocycles. The van der Waals surface area contributed by atoms with E-state index < -0.39 is 15.8 Å². The van der Waals surface area contributed by atoms with Gasteiger partial charge in [-0.15, -0.1) is 0 Å². The molecule has 0 amide bonds. The first-order chi connectivity index (χ1) is 11.3. The Balaban J connectivity index is 1.88. The van der Waals surface area contributed by atoms with Crippen molar-refractivity contribution in [3.05, 3.63) is 71.8 Å². The number of aromatic nitrogens is 2. The van der Waals surface area contributed by atoms with Crippen molar-refractivity contribution >= 4 is 15.7 Å². The van der Waals surface area contributed by atoms with Crippen molar-refractivity contribution in [3.8, 4) is 5.69 Å². The Morgan fingerprint density at radius 1 is 1.04 bits per heavy atom. The van der Waals surface area contributed by atoms with Gasteiger partial charge in [0.15, 0.2) is 5.82 Å². The summed E-state index contributed by atoms with van der Waals surface area (Å²) in [7, 11) is -3.76. The van der Waals surface area contributed by atoms with Gasteiger partial charge in [-0.1, -0.05) is 17.7 Å². The van der Waals surface area contributed by atoms with Gasteiger partial charge >= 0.3 is 0 Å². The van der Waals surface area contributed by atoms with Crippen molar-refractivity contribution in [2.75, 3.05) is 4.72 Å². The third-order valence-electron chi connectivity index (χ3n) is 3.49. The molecule has 124 valence electrons. The van der Waals surface area contributed by atoms with E-state index in [4.69, 9.17) is 0 Å². The predicted octanol–water partition coefficient (Wildman–Crippen LogP) is 3.43. The van der Waals surface area contributed by atoms with Crippen molar-refractivity contribution in [1.82, 2.24) is 9.78 Å². The maximum absolute atomic E-state index is 14.3. The molecule has 24 heavy (non-hydrogen) atoms. The second kappa shape index (κ2) is 6.09. The van der Waals surface area contributed by atoms with Crippen molar-refractivity contribution in [2.45, 2.75) is 18.7 Å². The van der Waals surface area contributed by atoms with Crippen LogP contribution in [0.3, 0.4) is 0 Å². The predicted molar refractivity (Wildman–Crippen MR) is 90.2 cm³/mol. The van der Waals surface area contributed by atoms with Crippen LogP contribution in [0.4, 0.5) is 10.1 Å². The molecule has 0 fully saturated rings. The topological polar surface area (TPSA) is 64.0 Å². The highest BCUT2D eigenvalue weighted by atomic mass is 32.2. The lowest BCUT2D eigenvalue weighted by Crippen LogP contribution is -2.13. The summed E-state index contributed by atoms with van der Waals surface area (Å²) in [6.07, 6.45) is 3.31. The highest BCUT2D eigenvalue weighted by Crippen LogP contribution is 2.21. The monoisotopic (exact) mass is 345 g/mol. The molecule has 0 aliphatic rings. The molecule has 3 aromatic rings. The zero-order valence-corrected chi connectivity index (χ0v) is 14.0. The molecule has 0 unspecified atom stereocenters. The van der Waals surface area contributed by atoms with Crippen LogP contribution in [0.1, 0.15) is 11.1 Å². The lowest BCUT2D eigenvalue weighted by Gasteiger charge is -2.10. The van der Waals surface area contributed by atoms with Crippen LogP contribution in [0, 0.1) is 19.7 Å². The Hall–Kier alpha value is -2.67. The quantitative estimate of drug-likeness (QED) is 0.788. The van der Waals surface area contributed by atoms with E-state index in [1.165, 1.54) is 28.9 Å². The number of halogens is 1. The Labute approximate surface area is 139 Å². The number of rotatable bonds is 4. The minimum absolute atomic E-state index is 0.125. The molecule has 0 bridgehead atoms. The third kappa shape index (κ3) is 3.30. The van der Waals surface area contributed by atoms with Crippen LogP contribution in [-0.4, -0.2) is 18.2 Å². The highest BCUT2D eigenvalue weighted by Gasteiger charge is 2.15. The molecule has 3 rings (SSSR count). The average molecular weight is 345 g/mol. The van der Waals surface area contributed by atoms with Gasteiger partial charge in [0.05, 0.1) is 16.8 Å². The maximum Gasteiger partial charge on any atom is 0.261 e. The fourth-order valence-corrected chi connectivity index (χ4v) is 3.28. The van der Waals surface area contributed by atoms with Gasteiger partial charge < -0.3 is 0 Å². The van der Waals surface area contributed by atoms with E-state index in [-0.39, 0.29) is 16.3 Å². The van der Waals surface area contributed by atoms with Crippen LogP contribution in [-0.2, 0) is 10.0 Å². The molecule has 0 atom stereocenters. The molecule has 1 N–H and O–H groups in total. The maximum atomic E-state index is 14.3. The second-order valence-electron chi connectivity index (χ2n) is 5.55. The molecule has 1 aromatic heterocycles. The molecular weight excluding hydrogens is 329 g/mol. The van der Waals surface area contributed by atoms with Gasteiger partial charge in [0.1, 0.15) is 5.69 Å². The molecule has 1 heterocycles. The van der Waals surface area contributed by atoms with Crippen LogP contribution < -0.4 is 4.72 Å². The van der Waals surface area contributed by atoms with E-state index in [1.54, 1.807) is 24.5 Å². The molecule has 0 radical (unpaired) electrons. The van der Waals surface area contributed by atoms with Gasteiger partial charge in [-0.3, -0.25) is 4.72 Å². The van der Waals surface area contributed by atoms with Gasteiger partial charge in [-0.05, 0) is 43.7 Å². The first-order valence-corrected chi connectivity index (χ1v) is 8.74. The van der Waals surface area contributed by atoms with E-state index in [9.17, 15) is 12.8 Å². The van der Waals surface area contributed by atoms with Crippen molar-refractivity contribution in [1.29, 1.82) is 0 Å². The lowest BCUT2D eigenvalue weighted by molar-refractivity contribution is 0.600. The number of nitrogens with one attached hydrogen (secondary N) is 1. The Bertz CT molecular complexity index is 979. The first kappa shape index (κ1) is 16.2. The van der Waals surface area contributed by atoms with Gasteiger partial charge in [-0.25, -0.2) is 17.5 Å². The summed E-state index contributed by atoms with van der Waals surface area (Å²) >= 11 is 0. The largest absolute Gasteiger partial charge is 0.280 e. The average Bonchev–Trinajstić information content (AvgIpc) is 2.93. The molecular formula is C17H16FN3O2S. The fourth-order valence-electron chi connectivity index (χ4n) is 2.23. The summed E-state index contributed by atoms with van der Waals surface area (Å²) in [4.78, 5) is 0.125. The van der Waals surface area contributed by atoms with E-state index >= 15 is 0 Å². The molecule has 0 spiro atoms. The number of aryl methyl sites for hydroxylation is 2. The van der Waals surface area contributed by atoms with Gasteiger partial charge in [0.25, 0.3) is 10.0 Å². The van der Waals surface area contributed by atoms with Crippen LogP contribution in [0.5, 0.6) is 0 Å². The molecule has 7 heteroatoms. The fraction of sp³-hybridized carbons (Fsp3) is 0.118. The standard InChI is InChI=1S/C17H16FN3O2S/c1-12-3-6-15(7-4-12)24(22,23)20-14-5-8-17(16(18)9-14)21-11-13(2)10-19-21/h3-11,20H,1-2H3. The second-order valence-corrected chi connectivity index (χ2v) is 7.23. The number of hydrogen-bond donors (Lipinski definition) is 1. The highest BCUT2D eigenvalue weighted by molar-refractivity contribution is 7.92. The van der Waals surface area contributed by atoms with Crippen LogP contribution in [0.25, 0.3) is 5.69 Å². The zero-order chi connectivity index (χ0) is 17.3. The molecule has 0 saturated heterocycles. The SMILES string of the molecule is Cc1ccc(S(=O)(=O)Nc2ccc(-n3cc(C)cn3)c(F)c2)cc1. The number of hydrogen-bond acceptors (Lipinski definition) is 3. The lowest BCUT2D eigenvalue weighted by atomic mass is 10.2.